The highest BCUT2D eigenvalue weighted by atomic mass is 32.1. The molecule has 0 atom stereocenters. The van der Waals surface area contributed by atoms with Crippen LogP contribution in [0.15, 0.2) is 30.5 Å². The Bertz CT molecular complexity index is 961. The number of carbonyl (C=O) groups excluding carboxylic acids is 2. The van der Waals surface area contributed by atoms with Crippen molar-refractivity contribution in [3.05, 3.63) is 52.3 Å². The molecule has 0 saturated carbocycles. The van der Waals surface area contributed by atoms with Crippen LogP contribution in [-0.4, -0.2) is 48.4 Å². The summed E-state index contributed by atoms with van der Waals surface area (Å²) in [4.78, 5) is 30.7. The van der Waals surface area contributed by atoms with Gasteiger partial charge in [0.2, 0.25) is 5.78 Å². The fourth-order valence-electron chi connectivity index (χ4n) is 2.63. The second-order valence-corrected chi connectivity index (χ2v) is 6.57. The second-order valence-electron chi connectivity index (χ2n) is 5.59. The summed E-state index contributed by atoms with van der Waals surface area (Å²) in [5.74, 6) is 0.232. The van der Waals surface area contributed by atoms with Crippen LogP contribution in [0.3, 0.4) is 0 Å². The van der Waals surface area contributed by atoms with Crippen LogP contribution in [0.2, 0.25) is 0 Å². The van der Waals surface area contributed by atoms with Crippen molar-refractivity contribution in [2.24, 2.45) is 0 Å². The van der Waals surface area contributed by atoms with E-state index in [9.17, 15) is 9.59 Å². The number of rotatable bonds is 7. The van der Waals surface area contributed by atoms with Crippen molar-refractivity contribution in [3.8, 4) is 5.75 Å². The number of benzene rings is 1. The number of amides is 1. The molecular weight excluding hydrogens is 354 g/mol. The summed E-state index contributed by atoms with van der Waals surface area (Å²) >= 11 is 1.25. The van der Waals surface area contributed by atoms with Crippen LogP contribution < -0.4 is 10.1 Å². The highest BCUT2D eigenvalue weighted by Gasteiger charge is 2.22. The molecule has 3 rings (SSSR count). The average molecular weight is 373 g/mol. The van der Waals surface area contributed by atoms with E-state index in [0.717, 1.165) is 0 Å². The summed E-state index contributed by atoms with van der Waals surface area (Å²) in [6.07, 6.45) is 1.53. The van der Waals surface area contributed by atoms with Gasteiger partial charge >= 0.3 is 0 Å². The number of nitrogens with zero attached hydrogens (tertiary/aromatic N) is 2. The Morgan fingerprint density at radius 3 is 2.85 bits per heavy atom. The van der Waals surface area contributed by atoms with Gasteiger partial charge in [-0.2, -0.15) is 0 Å². The molecule has 0 aliphatic rings. The van der Waals surface area contributed by atoms with Crippen molar-refractivity contribution in [1.29, 1.82) is 0 Å². The number of nitrogens with one attached hydrogen (secondary N) is 1. The molecule has 0 aliphatic heterocycles. The minimum absolute atomic E-state index is 0.177. The van der Waals surface area contributed by atoms with E-state index in [-0.39, 0.29) is 11.7 Å². The van der Waals surface area contributed by atoms with Crippen LogP contribution in [0, 0.1) is 6.92 Å². The fourth-order valence-corrected chi connectivity index (χ4v) is 3.65. The van der Waals surface area contributed by atoms with Gasteiger partial charge in [-0.25, -0.2) is 4.98 Å². The van der Waals surface area contributed by atoms with Gasteiger partial charge in [0.15, 0.2) is 4.96 Å². The molecule has 0 radical (unpaired) electrons. The average Bonchev–Trinajstić information content (AvgIpc) is 3.22. The molecule has 1 N–H and O–H groups in total. The number of methoxy groups -OCH3 is 2. The number of hydrogen-bond acceptors (Lipinski definition) is 6. The van der Waals surface area contributed by atoms with Crippen LogP contribution in [0.1, 0.15) is 31.4 Å². The molecule has 0 unspecified atom stereocenters. The smallest absolute Gasteiger partial charge is 0.263 e. The Hall–Kier alpha value is -2.71. The summed E-state index contributed by atoms with van der Waals surface area (Å²) in [5.41, 5.74) is 1.60. The first-order valence-electron chi connectivity index (χ1n) is 7.99. The van der Waals surface area contributed by atoms with Gasteiger partial charge in [0.1, 0.15) is 16.3 Å². The lowest BCUT2D eigenvalue weighted by Gasteiger charge is -2.05. The zero-order valence-corrected chi connectivity index (χ0v) is 15.6. The first-order valence-corrected chi connectivity index (χ1v) is 8.81. The number of hydrogen-bond donors (Lipinski definition) is 1. The molecular formula is C18H19N3O4S. The Labute approximate surface area is 154 Å². The van der Waals surface area contributed by atoms with Crippen molar-refractivity contribution < 1.29 is 19.1 Å². The molecule has 26 heavy (non-hydrogen) atoms. The van der Waals surface area contributed by atoms with E-state index >= 15 is 0 Å². The fraction of sp³-hybridized carbons (Fsp3) is 0.278. The van der Waals surface area contributed by atoms with Gasteiger partial charge in [-0.3, -0.25) is 14.0 Å². The number of fused-ring (bicyclic) bond motifs is 1. The number of carbonyl (C=O) groups is 2. The third-order valence-electron chi connectivity index (χ3n) is 3.95. The zero-order valence-electron chi connectivity index (χ0n) is 14.7. The summed E-state index contributed by atoms with van der Waals surface area (Å²) in [6, 6.07) is 6.95. The minimum Gasteiger partial charge on any atom is -0.497 e. The summed E-state index contributed by atoms with van der Waals surface area (Å²) < 4.78 is 11.8. The molecule has 0 fully saturated rings. The van der Waals surface area contributed by atoms with Gasteiger partial charge < -0.3 is 14.8 Å². The molecule has 8 heteroatoms. The van der Waals surface area contributed by atoms with Gasteiger partial charge in [-0.05, 0) is 19.1 Å². The van der Waals surface area contributed by atoms with Gasteiger partial charge in [0, 0.05) is 24.9 Å². The van der Waals surface area contributed by atoms with E-state index in [1.54, 1.807) is 49.8 Å². The van der Waals surface area contributed by atoms with Crippen LogP contribution in [0.5, 0.6) is 5.75 Å². The maximum atomic E-state index is 12.9. The lowest BCUT2D eigenvalue weighted by molar-refractivity contribution is 0.0939. The number of ketones is 1. The first kappa shape index (κ1) is 18.1. The number of ether oxygens (including phenoxy) is 2. The van der Waals surface area contributed by atoms with Crippen molar-refractivity contribution in [2.45, 2.75) is 6.92 Å². The molecule has 0 bridgehead atoms. The standard InChI is InChI=1S/C18H19N3O4S/c1-11-16(17(23)19-7-8-24-2)26-18-20-10-14(21(11)18)15(22)12-5-4-6-13(9-12)25-3/h4-6,9-10H,7-8H2,1-3H3,(H,19,23). The molecule has 0 aliphatic carbocycles. The van der Waals surface area contributed by atoms with Crippen molar-refractivity contribution in [3.63, 3.8) is 0 Å². The van der Waals surface area contributed by atoms with Gasteiger partial charge in [0.25, 0.3) is 5.91 Å². The monoisotopic (exact) mass is 373 g/mol. The Balaban J connectivity index is 1.95. The summed E-state index contributed by atoms with van der Waals surface area (Å²) in [6.45, 7) is 2.66. The second kappa shape index (κ2) is 7.67. The highest BCUT2D eigenvalue weighted by Crippen LogP contribution is 2.25. The first-order chi connectivity index (χ1) is 12.6. The van der Waals surface area contributed by atoms with Gasteiger partial charge in [0.05, 0.1) is 19.9 Å². The summed E-state index contributed by atoms with van der Waals surface area (Å²) in [5, 5.41) is 2.79. The number of aromatic nitrogens is 2. The minimum atomic E-state index is -0.199. The SMILES string of the molecule is COCCNC(=O)c1sc2ncc(C(=O)c3cccc(OC)c3)n2c1C. The predicted octanol–water partition coefficient (Wildman–Crippen LogP) is 2.32. The van der Waals surface area contributed by atoms with Crippen LogP contribution in [0.4, 0.5) is 0 Å². The van der Waals surface area contributed by atoms with Crippen molar-refractivity contribution in [2.75, 3.05) is 27.4 Å². The Kier molecular flexibility index (Phi) is 5.34. The van der Waals surface area contributed by atoms with Gasteiger partial charge in [-0.15, -0.1) is 0 Å². The third kappa shape index (κ3) is 3.33. The molecule has 0 saturated heterocycles. The lowest BCUT2D eigenvalue weighted by atomic mass is 10.1. The Morgan fingerprint density at radius 1 is 1.31 bits per heavy atom. The molecule has 2 aromatic heterocycles. The maximum absolute atomic E-state index is 12.9. The van der Waals surface area contributed by atoms with E-state index in [1.165, 1.54) is 17.5 Å². The van der Waals surface area contributed by atoms with Crippen LogP contribution in [0.25, 0.3) is 4.96 Å². The molecule has 3 aromatic rings. The maximum Gasteiger partial charge on any atom is 0.263 e. The highest BCUT2D eigenvalue weighted by molar-refractivity contribution is 7.19. The van der Waals surface area contributed by atoms with E-state index in [1.807, 2.05) is 0 Å². The quantitative estimate of drug-likeness (QED) is 0.508. The molecule has 136 valence electrons. The topological polar surface area (TPSA) is 81.9 Å². The molecule has 1 aromatic carbocycles. The summed E-state index contributed by atoms with van der Waals surface area (Å²) in [7, 11) is 3.13. The van der Waals surface area contributed by atoms with Crippen LogP contribution >= 0.6 is 11.3 Å². The van der Waals surface area contributed by atoms with Crippen molar-refractivity contribution >= 4 is 28.0 Å². The van der Waals surface area contributed by atoms with Crippen LogP contribution in [-0.2, 0) is 4.74 Å². The normalized spacial score (nSPS) is 10.9. The van der Waals surface area contributed by atoms with Crippen molar-refractivity contribution in [1.82, 2.24) is 14.7 Å². The number of thiazole rings is 1. The molecule has 2 heterocycles. The van der Waals surface area contributed by atoms with E-state index < -0.39 is 0 Å². The third-order valence-corrected chi connectivity index (χ3v) is 5.10. The Morgan fingerprint density at radius 2 is 2.12 bits per heavy atom. The van der Waals surface area contributed by atoms with Gasteiger partial charge in [-0.1, -0.05) is 23.5 Å². The lowest BCUT2D eigenvalue weighted by Crippen LogP contribution is -2.26. The number of aryl methyl sites for hydroxylation is 1. The molecule has 0 spiro atoms. The largest absolute Gasteiger partial charge is 0.497 e. The van der Waals surface area contributed by atoms with E-state index in [2.05, 4.69) is 10.3 Å². The van der Waals surface area contributed by atoms with E-state index in [4.69, 9.17) is 9.47 Å². The number of imidazole rings is 1. The predicted molar refractivity (Wildman–Crippen MR) is 98.4 cm³/mol. The molecule has 1 amide bonds. The van der Waals surface area contributed by atoms with E-state index in [0.29, 0.717) is 45.7 Å². The molecule has 7 nitrogen and oxygen atoms in total. The zero-order chi connectivity index (χ0) is 18.7.